The lowest BCUT2D eigenvalue weighted by Crippen LogP contribution is -2.50. The van der Waals surface area contributed by atoms with Crippen LogP contribution in [0.3, 0.4) is 0 Å². The Morgan fingerprint density at radius 1 is 1.00 bits per heavy atom. The second-order valence-electron chi connectivity index (χ2n) is 8.85. The fourth-order valence-corrected chi connectivity index (χ4v) is 4.64. The number of sulfonamides is 1. The van der Waals surface area contributed by atoms with Gasteiger partial charge in [0, 0.05) is 31.6 Å². The Balaban J connectivity index is 2.13. The molecule has 10 heteroatoms. The number of carbonyl (C=O) groups is 2. The third-order valence-electron chi connectivity index (χ3n) is 6.00. The van der Waals surface area contributed by atoms with E-state index >= 15 is 0 Å². The lowest BCUT2D eigenvalue weighted by Gasteiger charge is -2.30. The number of hydrogen-bond donors (Lipinski definition) is 1. The van der Waals surface area contributed by atoms with Gasteiger partial charge in [-0.2, -0.15) is 0 Å². The van der Waals surface area contributed by atoms with Crippen molar-refractivity contribution in [3.63, 3.8) is 0 Å². The molecule has 0 bridgehead atoms. The summed E-state index contributed by atoms with van der Waals surface area (Å²) >= 11 is 0. The molecule has 0 aliphatic carbocycles. The number of hydrogen-bond acceptors (Lipinski definition) is 4. The molecule has 0 heterocycles. The maximum Gasteiger partial charge on any atom is 0.242 e. The zero-order valence-corrected chi connectivity index (χ0v) is 22.0. The lowest BCUT2D eigenvalue weighted by atomic mass is 10.1. The number of benzene rings is 2. The van der Waals surface area contributed by atoms with Crippen molar-refractivity contribution in [3.8, 4) is 0 Å². The molecular formula is C26H35F2N3O4S. The van der Waals surface area contributed by atoms with Gasteiger partial charge < -0.3 is 10.2 Å². The minimum Gasteiger partial charge on any atom is -0.352 e. The topological polar surface area (TPSA) is 86.8 Å². The van der Waals surface area contributed by atoms with Crippen molar-refractivity contribution in [2.45, 2.75) is 58.5 Å². The van der Waals surface area contributed by atoms with Gasteiger partial charge in [-0.25, -0.2) is 17.2 Å². The van der Waals surface area contributed by atoms with Gasteiger partial charge in [-0.05, 0) is 50.8 Å². The lowest BCUT2D eigenvalue weighted by molar-refractivity contribution is -0.140. The van der Waals surface area contributed by atoms with Crippen LogP contribution in [-0.4, -0.2) is 56.6 Å². The monoisotopic (exact) mass is 523 g/mol. The predicted molar refractivity (Wildman–Crippen MR) is 137 cm³/mol. The van der Waals surface area contributed by atoms with Crippen molar-refractivity contribution >= 4 is 27.5 Å². The minimum absolute atomic E-state index is 0.0221. The SMILES string of the molecule is CC[C@H](C)NC(=O)[C@H](C)N(CCc1ccccc1)C(=O)CCCN(c1ccc(F)c(F)c1)S(C)(=O)=O. The highest BCUT2D eigenvalue weighted by molar-refractivity contribution is 7.92. The van der Waals surface area contributed by atoms with E-state index in [2.05, 4.69) is 5.32 Å². The molecule has 2 rings (SSSR count). The molecule has 0 radical (unpaired) electrons. The van der Waals surface area contributed by atoms with Gasteiger partial charge in [-0.15, -0.1) is 0 Å². The maximum absolute atomic E-state index is 13.7. The van der Waals surface area contributed by atoms with Crippen LogP contribution in [0.5, 0.6) is 0 Å². The molecule has 7 nitrogen and oxygen atoms in total. The van der Waals surface area contributed by atoms with Crippen molar-refractivity contribution in [1.29, 1.82) is 0 Å². The van der Waals surface area contributed by atoms with Gasteiger partial charge in [0.05, 0.1) is 11.9 Å². The van der Waals surface area contributed by atoms with Crippen LogP contribution in [0, 0.1) is 11.6 Å². The van der Waals surface area contributed by atoms with Crippen molar-refractivity contribution in [2.75, 3.05) is 23.7 Å². The van der Waals surface area contributed by atoms with Crippen molar-refractivity contribution in [2.24, 2.45) is 0 Å². The van der Waals surface area contributed by atoms with E-state index in [1.807, 2.05) is 44.2 Å². The second kappa shape index (κ2) is 13.3. The molecule has 0 aromatic heterocycles. The van der Waals surface area contributed by atoms with Crippen LogP contribution in [0.1, 0.15) is 45.6 Å². The fraction of sp³-hybridized carbons (Fsp3) is 0.462. The van der Waals surface area contributed by atoms with Crippen LogP contribution >= 0.6 is 0 Å². The Kier molecular flexibility index (Phi) is 10.8. The van der Waals surface area contributed by atoms with E-state index in [9.17, 15) is 26.8 Å². The molecule has 0 saturated carbocycles. The second-order valence-corrected chi connectivity index (χ2v) is 10.8. The summed E-state index contributed by atoms with van der Waals surface area (Å²) in [5.41, 5.74) is 0.998. The molecule has 2 amide bonds. The normalized spacial score (nSPS) is 13.1. The number of nitrogens with zero attached hydrogens (tertiary/aromatic N) is 2. The van der Waals surface area contributed by atoms with Crippen molar-refractivity contribution in [1.82, 2.24) is 10.2 Å². The summed E-state index contributed by atoms with van der Waals surface area (Å²) in [6, 6.07) is 11.7. The largest absolute Gasteiger partial charge is 0.352 e. The number of rotatable bonds is 13. The van der Waals surface area contributed by atoms with E-state index in [1.165, 1.54) is 11.0 Å². The average molecular weight is 524 g/mol. The van der Waals surface area contributed by atoms with Gasteiger partial charge in [-0.1, -0.05) is 37.3 Å². The highest BCUT2D eigenvalue weighted by Gasteiger charge is 2.27. The number of halogens is 2. The molecule has 36 heavy (non-hydrogen) atoms. The summed E-state index contributed by atoms with van der Waals surface area (Å²) in [6.45, 7) is 5.73. The molecule has 0 aliphatic heterocycles. The van der Waals surface area contributed by atoms with Gasteiger partial charge in [0.2, 0.25) is 21.8 Å². The summed E-state index contributed by atoms with van der Waals surface area (Å²) in [4.78, 5) is 27.5. The van der Waals surface area contributed by atoms with E-state index in [0.717, 1.165) is 34.7 Å². The summed E-state index contributed by atoms with van der Waals surface area (Å²) < 4.78 is 52.5. The average Bonchev–Trinajstić information content (AvgIpc) is 2.83. The van der Waals surface area contributed by atoms with Crippen molar-refractivity contribution in [3.05, 3.63) is 65.7 Å². The Hall–Kier alpha value is -3.01. The standard InChI is InChI=1S/C26H35F2N3O4S/c1-5-19(2)29-26(33)20(3)30(17-15-21-10-7-6-8-11-21)25(32)12-9-16-31(36(4,34)35)22-13-14-23(27)24(28)18-22/h6-8,10-11,13-14,18-20H,5,9,12,15-17H2,1-4H3,(H,29,33)/t19-,20-/m0/s1. The zero-order valence-electron chi connectivity index (χ0n) is 21.2. The molecule has 0 saturated heterocycles. The van der Waals surface area contributed by atoms with E-state index in [1.54, 1.807) is 6.92 Å². The summed E-state index contributed by atoms with van der Waals surface area (Å²) in [6.07, 6.45) is 2.38. The smallest absolute Gasteiger partial charge is 0.242 e. The Bertz CT molecular complexity index is 1130. The highest BCUT2D eigenvalue weighted by atomic mass is 32.2. The number of carbonyl (C=O) groups excluding carboxylic acids is 2. The molecule has 0 aliphatic rings. The molecule has 0 fully saturated rings. The third kappa shape index (κ3) is 8.58. The van der Waals surface area contributed by atoms with E-state index in [0.29, 0.717) is 13.0 Å². The predicted octanol–water partition coefficient (Wildman–Crippen LogP) is 3.89. The molecule has 0 unspecified atom stereocenters. The molecule has 2 aromatic rings. The first-order chi connectivity index (χ1) is 16.9. The van der Waals surface area contributed by atoms with Gasteiger partial charge in [0.25, 0.3) is 0 Å². The van der Waals surface area contributed by atoms with Crippen LogP contribution in [0.4, 0.5) is 14.5 Å². The summed E-state index contributed by atoms with van der Waals surface area (Å²) in [7, 11) is -3.80. The van der Waals surface area contributed by atoms with E-state index in [-0.39, 0.29) is 42.9 Å². The first-order valence-electron chi connectivity index (χ1n) is 12.0. The quantitative estimate of drug-likeness (QED) is 0.432. The van der Waals surface area contributed by atoms with E-state index < -0.39 is 27.7 Å². The van der Waals surface area contributed by atoms with Gasteiger partial charge in [-0.3, -0.25) is 13.9 Å². The molecule has 198 valence electrons. The summed E-state index contributed by atoms with van der Waals surface area (Å²) in [5.74, 6) is -2.80. The van der Waals surface area contributed by atoms with Crippen LogP contribution < -0.4 is 9.62 Å². The van der Waals surface area contributed by atoms with E-state index in [4.69, 9.17) is 0 Å². The molecule has 2 atom stereocenters. The molecular weight excluding hydrogens is 488 g/mol. The molecule has 0 spiro atoms. The van der Waals surface area contributed by atoms with Crippen LogP contribution in [0.2, 0.25) is 0 Å². The first kappa shape index (κ1) is 29.2. The van der Waals surface area contributed by atoms with Crippen LogP contribution in [0.25, 0.3) is 0 Å². The zero-order chi connectivity index (χ0) is 26.9. The molecule has 1 N–H and O–H groups in total. The Labute approximate surface area is 212 Å². The maximum atomic E-state index is 13.7. The highest BCUT2D eigenvalue weighted by Crippen LogP contribution is 2.21. The van der Waals surface area contributed by atoms with Crippen LogP contribution in [-0.2, 0) is 26.0 Å². The number of nitrogens with one attached hydrogen (secondary N) is 1. The van der Waals surface area contributed by atoms with Gasteiger partial charge >= 0.3 is 0 Å². The Morgan fingerprint density at radius 2 is 1.67 bits per heavy atom. The summed E-state index contributed by atoms with van der Waals surface area (Å²) in [5, 5.41) is 2.90. The van der Waals surface area contributed by atoms with Crippen molar-refractivity contribution < 1.29 is 26.8 Å². The van der Waals surface area contributed by atoms with Crippen LogP contribution in [0.15, 0.2) is 48.5 Å². The first-order valence-corrected chi connectivity index (χ1v) is 13.8. The fourth-order valence-electron chi connectivity index (χ4n) is 3.68. The van der Waals surface area contributed by atoms with Gasteiger partial charge in [0.1, 0.15) is 6.04 Å². The minimum atomic E-state index is -3.80. The molecule has 2 aromatic carbocycles. The number of anilines is 1. The third-order valence-corrected chi connectivity index (χ3v) is 7.19. The number of amides is 2. The Morgan fingerprint density at radius 3 is 2.25 bits per heavy atom. The van der Waals surface area contributed by atoms with Gasteiger partial charge in [0.15, 0.2) is 11.6 Å².